The molecule has 0 radical (unpaired) electrons. The Morgan fingerprint density at radius 1 is 0.968 bits per heavy atom. The van der Waals surface area contributed by atoms with Crippen molar-refractivity contribution in [3.63, 3.8) is 0 Å². The average Bonchev–Trinajstić information content (AvgIpc) is 3.42. The van der Waals surface area contributed by atoms with Gasteiger partial charge in [-0.3, -0.25) is 5.01 Å². The van der Waals surface area contributed by atoms with Crippen LogP contribution in [0.2, 0.25) is 10.0 Å². The van der Waals surface area contributed by atoms with Crippen molar-refractivity contribution >= 4 is 40.6 Å². The van der Waals surface area contributed by atoms with Crippen LogP contribution in [0.3, 0.4) is 0 Å². The summed E-state index contributed by atoms with van der Waals surface area (Å²) in [7, 11) is 0. The zero-order valence-electron chi connectivity index (χ0n) is 16.1. The molecule has 156 valence electrons. The summed E-state index contributed by atoms with van der Waals surface area (Å²) in [6, 6.07) is 17.8. The van der Waals surface area contributed by atoms with E-state index in [9.17, 15) is 9.90 Å². The molecule has 2 aliphatic heterocycles. The second-order valence-corrected chi connectivity index (χ2v) is 8.02. The third-order valence-electron chi connectivity index (χ3n) is 5.32. The monoisotopic (exact) mass is 454 g/mol. The van der Waals surface area contributed by atoms with Crippen LogP contribution in [0.25, 0.3) is 0 Å². The van der Waals surface area contributed by atoms with E-state index >= 15 is 0 Å². The van der Waals surface area contributed by atoms with Crippen molar-refractivity contribution in [2.75, 3.05) is 11.8 Å². The van der Waals surface area contributed by atoms with Crippen LogP contribution < -0.4 is 14.5 Å². The molecule has 2 aliphatic rings. The molecule has 1 atom stereocenters. The Hall–Kier alpha value is -3.22. The summed E-state index contributed by atoms with van der Waals surface area (Å²) in [6.45, 7) is 0.203. The second-order valence-electron chi connectivity index (χ2n) is 7.20. The zero-order valence-corrected chi connectivity index (χ0v) is 17.6. The number of carboxylic acid groups (broad SMARTS) is 1. The topological polar surface area (TPSA) is 71.4 Å². The molecule has 0 bridgehead atoms. The average molecular weight is 455 g/mol. The molecule has 8 heteroatoms. The first-order valence-electron chi connectivity index (χ1n) is 9.54. The Morgan fingerprint density at radius 2 is 1.74 bits per heavy atom. The molecule has 0 saturated heterocycles. The van der Waals surface area contributed by atoms with Crippen LogP contribution in [0.15, 0.2) is 65.8 Å². The summed E-state index contributed by atoms with van der Waals surface area (Å²) in [4.78, 5) is 11.2. The molecule has 0 aliphatic carbocycles. The van der Waals surface area contributed by atoms with Crippen molar-refractivity contribution < 1.29 is 19.4 Å². The lowest BCUT2D eigenvalue weighted by Crippen LogP contribution is -2.18. The van der Waals surface area contributed by atoms with E-state index < -0.39 is 5.97 Å². The number of anilines is 1. The number of ether oxygens (including phenoxy) is 2. The fraction of sp³-hybridized carbons (Fsp3) is 0.130. The van der Waals surface area contributed by atoms with Crippen LogP contribution in [0, 0.1) is 0 Å². The molecule has 1 unspecified atom stereocenters. The van der Waals surface area contributed by atoms with Crippen molar-refractivity contribution in [1.29, 1.82) is 0 Å². The highest BCUT2D eigenvalue weighted by molar-refractivity contribution is 6.42. The summed E-state index contributed by atoms with van der Waals surface area (Å²) in [5.41, 5.74) is 3.73. The van der Waals surface area contributed by atoms with E-state index in [4.69, 9.17) is 37.8 Å². The summed E-state index contributed by atoms with van der Waals surface area (Å²) in [5.74, 6) is 0.437. The largest absolute Gasteiger partial charge is 0.478 e. The van der Waals surface area contributed by atoms with Gasteiger partial charge in [-0.05, 0) is 59.7 Å². The van der Waals surface area contributed by atoms with Gasteiger partial charge in [0.25, 0.3) is 0 Å². The van der Waals surface area contributed by atoms with Crippen LogP contribution >= 0.6 is 23.2 Å². The van der Waals surface area contributed by atoms with Crippen molar-refractivity contribution in [3.05, 3.63) is 87.4 Å². The third-order valence-corrected chi connectivity index (χ3v) is 6.06. The maximum atomic E-state index is 11.2. The predicted molar refractivity (Wildman–Crippen MR) is 119 cm³/mol. The Labute approximate surface area is 188 Å². The molecule has 0 fully saturated rings. The minimum atomic E-state index is -0.972. The number of rotatable bonds is 4. The number of fused-ring (bicyclic) bond motifs is 1. The van der Waals surface area contributed by atoms with E-state index in [2.05, 4.69) is 0 Å². The lowest BCUT2D eigenvalue weighted by Gasteiger charge is -2.24. The van der Waals surface area contributed by atoms with Gasteiger partial charge >= 0.3 is 5.97 Å². The Balaban J connectivity index is 1.55. The van der Waals surface area contributed by atoms with E-state index in [1.54, 1.807) is 36.4 Å². The van der Waals surface area contributed by atoms with Gasteiger partial charge in [-0.25, -0.2) is 4.79 Å². The SMILES string of the molecule is O=C(O)c1ccc(N2N=C(c3ccc(Cl)c(Cl)c3)CC2c2ccc3c(c2)OCO3)cc1. The van der Waals surface area contributed by atoms with Gasteiger partial charge in [-0.2, -0.15) is 5.10 Å². The normalized spacial score (nSPS) is 17.0. The van der Waals surface area contributed by atoms with E-state index in [1.807, 2.05) is 29.3 Å². The van der Waals surface area contributed by atoms with Crippen LogP contribution in [-0.2, 0) is 0 Å². The van der Waals surface area contributed by atoms with Crippen LogP contribution in [0.5, 0.6) is 11.5 Å². The number of carbonyl (C=O) groups is 1. The fourth-order valence-corrected chi connectivity index (χ4v) is 4.03. The summed E-state index contributed by atoms with van der Waals surface area (Å²) in [5, 5.41) is 16.9. The number of nitrogens with zero attached hydrogens (tertiary/aromatic N) is 2. The molecule has 0 saturated carbocycles. The number of aromatic carboxylic acids is 1. The van der Waals surface area contributed by atoms with Gasteiger partial charge in [0.2, 0.25) is 6.79 Å². The number of carboxylic acids is 1. The molecule has 0 aromatic heterocycles. The molecule has 3 aromatic rings. The molecule has 6 nitrogen and oxygen atoms in total. The minimum absolute atomic E-state index is 0.116. The van der Waals surface area contributed by atoms with Gasteiger partial charge in [-0.1, -0.05) is 35.3 Å². The molecule has 0 amide bonds. The van der Waals surface area contributed by atoms with Crippen molar-refractivity contribution in [2.45, 2.75) is 12.5 Å². The van der Waals surface area contributed by atoms with Gasteiger partial charge < -0.3 is 14.6 Å². The van der Waals surface area contributed by atoms with E-state index in [0.717, 1.165) is 22.5 Å². The van der Waals surface area contributed by atoms with Gasteiger partial charge in [0.1, 0.15) is 0 Å². The Morgan fingerprint density at radius 3 is 2.48 bits per heavy atom. The van der Waals surface area contributed by atoms with Crippen LogP contribution in [0.4, 0.5) is 5.69 Å². The van der Waals surface area contributed by atoms with E-state index in [0.29, 0.717) is 28.0 Å². The highest BCUT2D eigenvalue weighted by Gasteiger charge is 2.31. The zero-order chi connectivity index (χ0) is 21.5. The molecule has 1 N–H and O–H groups in total. The maximum absolute atomic E-state index is 11.2. The van der Waals surface area contributed by atoms with Gasteiger partial charge in [0.15, 0.2) is 11.5 Å². The molecule has 0 spiro atoms. The summed E-state index contributed by atoms with van der Waals surface area (Å²) < 4.78 is 11.0. The quantitative estimate of drug-likeness (QED) is 0.541. The first kappa shape index (κ1) is 19.7. The minimum Gasteiger partial charge on any atom is -0.478 e. The molecule has 3 aromatic carbocycles. The Kier molecular flexibility index (Phi) is 4.96. The smallest absolute Gasteiger partial charge is 0.335 e. The maximum Gasteiger partial charge on any atom is 0.335 e. The van der Waals surface area contributed by atoms with Crippen molar-refractivity contribution in [3.8, 4) is 11.5 Å². The third kappa shape index (κ3) is 3.69. The van der Waals surface area contributed by atoms with Gasteiger partial charge in [0, 0.05) is 6.42 Å². The number of hydrogen-bond donors (Lipinski definition) is 1. The first-order chi connectivity index (χ1) is 15.0. The predicted octanol–water partition coefficient (Wildman–Crippen LogP) is 5.78. The molecule has 5 rings (SSSR count). The van der Waals surface area contributed by atoms with Crippen molar-refractivity contribution in [1.82, 2.24) is 0 Å². The number of hydrogen-bond acceptors (Lipinski definition) is 5. The van der Waals surface area contributed by atoms with Crippen LogP contribution in [-0.4, -0.2) is 23.6 Å². The fourth-order valence-electron chi connectivity index (χ4n) is 3.74. The molecule has 31 heavy (non-hydrogen) atoms. The summed E-state index contributed by atoms with van der Waals surface area (Å²) in [6.07, 6.45) is 0.623. The molecular weight excluding hydrogens is 439 g/mol. The molecular formula is C23H16Cl2N2O4. The second kappa shape index (κ2) is 7.80. The lowest BCUT2D eigenvalue weighted by atomic mass is 9.97. The van der Waals surface area contributed by atoms with E-state index in [1.165, 1.54) is 0 Å². The highest BCUT2D eigenvalue weighted by atomic mass is 35.5. The number of benzene rings is 3. The standard InChI is InChI=1S/C23H16Cl2N2O4/c24-17-7-3-14(9-18(17)25)19-11-20(15-4-8-21-22(10-15)31-12-30-21)27(26-19)16-5-1-13(2-6-16)23(28)29/h1-10,20H,11-12H2,(H,28,29). The van der Waals surface area contributed by atoms with Crippen LogP contribution in [0.1, 0.15) is 33.9 Å². The van der Waals surface area contributed by atoms with Gasteiger partial charge in [0.05, 0.1) is 33.0 Å². The number of halogens is 2. The van der Waals surface area contributed by atoms with Crippen molar-refractivity contribution in [2.24, 2.45) is 5.10 Å². The number of hydrazone groups is 1. The molecule has 2 heterocycles. The van der Waals surface area contributed by atoms with Gasteiger partial charge in [-0.15, -0.1) is 0 Å². The Bertz CT molecular complexity index is 1210. The lowest BCUT2D eigenvalue weighted by molar-refractivity contribution is 0.0697. The first-order valence-corrected chi connectivity index (χ1v) is 10.3. The summed E-state index contributed by atoms with van der Waals surface area (Å²) >= 11 is 12.3. The van der Waals surface area contributed by atoms with E-state index in [-0.39, 0.29) is 18.4 Å². The highest BCUT2D eigenvalue weighted by Crippen LogP contribution is 2.41.